The number of aliphatic imine (C=N–C) groups is 1. The molecular formula is C26H21N3O2S. The molecule has 0 saturated carbocycles. The number of nitrogens with zero attached hydrogens (tertiary/aromatic N) is 3. The van der Waals surface area contributed by atoms with Crippen molar-refractivity contribution in [1.29, 1.82) is 5.26 Å². The molecule has 0 spiro atoms. The van der Waals surface area contributed by atoms with Crippen molar-refractivity contribution >= 4 is 34.4 Å². The van der Waals surface area contributed by atoms with Crippen LogP contribution in [0, 0.1) is 31.4 Å². The first-order valence-corrected chi connectivity index (χ1v) is 10.9. The Hall–Kier alpha value is -3.82. The maximum absolute atomic E-state index is 13.3. The summed E-state index contributed by atoms with van der Waals surface area (Å²) in [6.45, 7) is 5.90. The Morgan fingerprint density at radius 1 is 0.969 bits per heavy atom. The van der Waals surface area contributed by atoms with Crippen LogP contribution >= 0.6 is 11.8 Å². The zero-order valence-corrected chi connectivity index (χ0v) is 18.8. The van der Waals surface area contributed by atoms with E-state index in [1.165, 1.54) is 4.57 Å². The normalized spacial score (nSPS) is 11.2. The number of aromatic hydroxyl groups is 1. The number of pyridine rings is 1. The van der Waals surface area contributed by atoms with Crippen molar-refractivity contribution in [3.05, 3.63) is 93.3 Å². The molecule has 0 aliphatic heterocycles. The van der Waals surface area contributed by atoms with Gasteiger partial charge in [-0.05, 0) is 85.6 Å². The first-order valence-electron chi connectivity index (χ1n) is 10.1. The standard InChI is InChI=1S/C26H21N3O2S/c1-16-8-9-19(12-17(16)2)29-25(30)22-7-5-4-6-21(22)23(26(29)31)14-28-24-11-10-20(32-15-27)13-18(24)3/h4-14,31H,1-3H3. The van der Waals surface area contributed by atoms with E-state index in [2.05, 4.69) is 10.4 Å². The zero-order chi connectivity index (χ0) is 22.8. The maximum Gasteiger partial charge on any atom is 0.265 e. The predicted octanol–water partition coefficient (Wildman–Crippen LogP) is 5.95. The summed E-state index contributed by atoms with van der Waals surface area (Å²) in [4.78, 5) is 18.7. The van der Waals surface area contributed by atoms with Gasteiger partial charge in [-0.2, -0.15) is 5.26 Å². The van der Waals surface area contributed by atoms with Gasteiger partial charge in [0.1, 0.15) is 5.40 Å². The van der Waals surface area contributed by atoms with E-state index in [1.807, 2.05) is 75.4 Å². The monoisotopic (exact) mass is 439 g/mol. The topological polar surface area (TPSA) is 78.4 Å². The fraction of sp³-hybridized carbons (Fsp3) is 0.115. The van der Waals surface area contributed by atoms with Crippen LogP contribution in [-0.4, -0.2) is 15.9 Å². The number of rotatable bonds is 4. The molecule has 158 valence electrons. The Bertz CT molecular complexity index is 1480. The van der Waals surface area contributed by atoms with Crippen LogP contribution in [0.2, 0.25) is 0 Å². The molecule has 3 aromatic carbocycles. The minimum atomic E-state index is -0.285. The fourth-order valence-electron chi connectivity index (χ4n) is 3.62. The average molecular weight is 440 g/mol. The third-order valence-electron chi connectivity index (χ3n) is 5.52. The van der Waals surface area contributed by atoms with E-state index >= 15 is 0 Å². The minimum absolute atomic E-state index is 0.157. The van der Waals surface area contributed by atoms with Gasteiger partial charge >= 0.3 is 0 Å². The Morgan fingerprint density at radius 3 is 2.41 bits per heavy atom. The fourth-order valence-corrected chi connectivity index (χ4v) is 4.09. The molecule has 0 fully saturated rings. The minimum Gasteiger partial charge on any atom is -0.494 e. The Balaban J connectivity index is 1.92. The number of aromatic nitrogens is 1. The van der Waals surface area contributed by atoms with Gasteiger partial charge in [0.05, 0.1) is 16.9 Å². The van der Waals surface area contributed by atoms with Crippen LogP contribution in [0.15, 0.2) is 75.3 Å². The zero-order valence-electron chi connectivity index (χ0n) is 18.0. The van der Waals surface area contributed by atoms with Crippen LogP contribution in [-0.2, 0) is 0 Å². The Kier molecular flexibility index (Phi) is 5.85. The van der Waals surface area contributed by atoms with Crippen LogP contribution in [0.4, 0.5) is 5.69 Å². The number of fused-ring (bicyclic) bond motifs is 1. The highest BCUT2D eigenvalue weighted by Crippen LogP contribution is 2.29. The summed E-state index contributed by atoms with van der Waals surface area (Å²) < 4.78 is 1.33. The number of aryl methyl sites for hydroxylation is 3. The number of thioether (sulfide) groups is 1. The van der Waals surface area contributed by atoms with Crippen LogP contribution in [0.3, 0.4) is 0 Å². The lowest BCUT2D eigenvalue weighted by atomic mass is 10.1. The van der Waals surface area contributed by atoms with E-state index in [0.717, 1.165) is 39.0 Å². The van der Waals surface area contributed by atoms with Crippen molar-refractivity contribution in [2.75, 3.05) is 0 Å². The molecule has 0 bridgehead atoms. The molecule has 1 heterocycles. The molecule has 32 heavy (non-hydrogen) atoms. The maximum atomic E-state index is 13.3. The van der Waals surface area contributed by atoms with Crippen LogP contribution in [0.1, 0.15) is 22.3 Å². The summed E-state index contributed by atoms with van der Waals surface area (Å²) in [5.41, 5.74) is 4.55. The van der Waals surface area contributed by atoms with Crippen molar-refractivity contribution in [2.45, 2.75) is 25.7 Å². The predicted molar refractivity (Wildman–Crippen MR) is 131 cm³/mol. The second-order valence-corrected chi connectivity index (χ2v) is 8.45. The molecule has 0 aliphatic rings. The summed E-state index contributed by atoms with van der Waals surface area (Å²) >= 11 is 1.10. The molecule has 5 nitrogen and oxygen atoms in total. The van der Waals surface area contributed by atoms with Crippen molar-refractivity contribution in [1.82, 2.24) is 4.57 Å². The van der Waals surface area contributed by atoms with Gasteiger partial charge in [-0.25, -0.2) is 4.57 Å². The summed E-state index contributed by atoms with van der Waals surface area (Å²) in [7, 11) is 0. The summed E-state index contributed by atoms with van der Waals surface area (Å²) in [5, 5.41) is 23.2. The molecule has 4 aromatic rings. The van der Waals surface area contributed by atoms with Gasteiger partial charge in [0.15, 0.2) is 0 Å². The summed E-state index contributed by atoms with van der Waals surface area (Å²) in [5.74, 6) is -0.157. The molecule has 0 amide bonds. The lowest BCUT2D eigenvalue weighted by Gasteiger charge is -2.15. The summed E-state index contributed by atoms with van der Waals surface area (Å²) in [6, 6.07) is 18.4. The third kappa shape index (κ3) is 3.91. The molecule has 1 aromatic heterocycles. The second kappa shape index (κ2) is 8.74. The van der Waals surface area contributed by atoms with Crippen LogP contribution in [0.25, 0.3) is 16.5 Å². The number of hydrogen-bond acceptors (Lipinski definition) is 5. The summed E-state index contributed by atoms with van der Waals surface area (Å²) in [6.07, 6.45) is 1.59. The number of nitriles is 1. The quantitative estimate of drug-likeness (QED) is 0.242. The Labute approximate surface area is 190 Å². The molecule has 6 heteroatoms. The average Bonchev–Trinajstić information content (AvgIpc) is 2.77. The first-order chi connectivity index (χ1) is 15.4. The lowest BCUT2D eigenvalue weighted by Crippen LogP contribution is -2.20. The largest absolute Gasteiger partial charge is 0.494 e. The van der Waals surface area contributed by atoms with Gasteiger partial charge in [0.2, 0.25) is 5.88 Å². The van der Waals surface area contributed by atoms with E-state index in [1.54, 1.807) is 12.3 Å². The van der Waals surface area contributed by atoms with Gasteiger partial charge in [-0.1, -0.05) is 24.3 Å². The van der Waals surface area contributed by atoms with E-state index in [4.69, 9.17) is 5.26 Å². The molecule has 0 radical (unpaired) electrons. The van der Waals surface area contributed by atoms with Crippen LogP contribution < -0.4 is 5.56 Å². The van der Waals surface area contributed by atoms with Gasteiger partial charge in [-0.3, -0.25) is 9.79 Å². The lowest BCUT2D eigenvalue weighted by molar-refractivity contribution is 0.436. The molecular weight excluding hydrogens is 418 g/mol. The van der Waals surface area contributed by atoms with E-state index in [9.17, 15) is 9.90 Å². The molecule has 1 N–H and O–H groups in total. The highest BCUT2D eigenvalue weighted by atomic mass is 32.2. The number of thiocyanates is 1. The van der Waals surface area contributed by atoms with E-state index in [-0.39, 0.29) is 11.4 Å². The molecule has 0 aliphatic carbocycles. The molecule has 4 rings (SSSR count). The van der Waals surface area contributed by atoms with Gasteiger partial charge < -0.3 is 5.11 Å². The van der Waals surface area contributed by atoms with Crippen LogP contribution in [0.5, 0.6) is 5.88 Å². The van der Waals surface area contributed by atoms with Crippen molar-refractivity contribution in [3.63, 3.8) is 0 Å². The SMILES string of the molecule is Cc1ccc(-n2c(O)c(C=Nc3ccc(SC#N)cc3C)c3ccccc3c2=O)cc1C. The highest BCUT2D eigenvalue weighted by molar-refractivity contribution is 8.03. The van der Waals surface area contributed by atoms with Crippen molar-refractivity contribution in [3.8, 4) is 17.0 Å². The van der Waals surface area contributed by atoms with Gasteiger partial charge in [0.25, 0.3) is 5.56 Å². The molecule has 0 unspecified atom stereocenters. The number of hydrogen-bond donors (Lipinski definition) is 1. The third-order valence-corrected chi connectivity index (χ3v) is 6.10. The van der Waals surface area contributed by atoms with E-state index in [0.29, 0.717) is 22.0 Å². The van der Waals surface area contributed by atoms with Crippen molar-refractivity contribution in [2.24, 2.45) is 4.99 Å². The molecule has 0 atom stereocenters. The van der Waals surface area contributed by atoms with Gasteiger partial charge in [0, 0.05) is 21.9 Å². The smallest absolute Gasteiger partial charge is 0.265 e. The highest BCUT2D eigenvalue weighted by Gasteiger charge is 2.16. The van der Waals surface area contributed by atoms with E-state index < -0.39 is 0 Å². The van der Waals surface area contributed by atoms with Crippen molar-refractivity contribution < 1.29 is 5.11 Å². The first kappa shape index (κ1) is 21.4. The molecule has 0 saturated heterocycles. The van der Waals surface area contributed by atoms with Gasteiger partial charge in [-0.15, -0.1) is 0 Å². The Morgan fingerprint density at radius 2 is 1.72 bits per heavy atom. The second-order valence-electron chi connectivity index (χ2n) is 7.59. The number of benzene rings is 3.